The summed E-state index contributed by atoms with van der Waals surface area (Å²) in [6.45, 7) is 9.64. The molecule has 0 radical (unpaired) electrons. The molecule has 0 amide bonds. The Morgan fingerprint density at radius 3 is 1.06 bits per heavy atom. The van der Waals surface area contributed by atoms with Crippen LogP contribution in [0.5, 0.6) is 46.0 Å². The van der Waals surface area contributed by atoms with Crippen molar-refractivity contribution in [1.29, 1.82) is 0 Å². The summed E-state index contributed by atoms with van der Waals surface area (Å²) in [5.41, 5.74) is 36.3. The summed E-state index contributed by atoms with van der Waals surface area (Å²) < 4.78 is 35.3. The highest BCUT2D eigenvalue weighted by molar-refractivity contribution is 7.01. The number of aromatic nitrogens is 4. The van der Waals surface area contributed by atoms with E-state index in [0.29, 0.717) is 0 Å². The van der Waals surface area contributed by atoms with Gasteiger partial charge in [0.25, 0.3) is 26.9 Å². The Bertz CT molecular complexity index is 7600. The van der Waals surface area contributed by atoms with Crippen LogP contribution in [-0.2, 0) is 0 Å². The number of rotatable bonds is 0. The molecule has 8 aliphatic rings. The van der Waals surface area contributed by atoms with Crippen LogP contribution in [0.25, 0.3) is 110 Å². The van der Waals surface area contributed by atoms with Crippen molar-refractivity contribution in [1.82, 2.24) is 18.3 Å². The Hall–Kier alpha value is -13.8. The summed E-state index contributed by atoms with van der Waals surface area (Å²) in [5.74, 6) is 7.81. The van der Waals surface area contributed by atoms with Gasteiger partial charge in [-0.3, -0.25) is 0 Å². The van der Waals surface area contributed by atoms with Crippen molar-refractivity contribution in [2.75, 3.05) is 0 Å². The molecule has 0 N–H and O–H groups in total. The van der Waals surface area contributed by atoms with Crippen molar-refractivity contribution < 1.29 is 18.9 Å². The molecule has 8 nitrogen and oxygen atoms in total. The lowest BCUT2D eigenvalue weighted by molar-refractivity contribution is 0.487. The van der Waals surface area contributed by atoms with Crippen LogP contribution in [0.15, 0.2) is 315 Å². The summed E-state index contributed by atoms with van der Waals surface area (Å²) in [4.78, 5) is 0. The molecule has 112 heavy (non-hydrogen) atoms. The number of para-hydroxylation sites is 9. The van der Waals surface area contributed by atoms with E-state index in [2.05, 4.69) is 361 Å². The van der Waals surface area contributed by atoms with Crippen molar-refractivity contribution >= 4 is 180 Å². The highest BCUT2D eigenvalue weighted by Crippen LogP contribution is 2.45. The minimum atomic E-state index is 0.204. The first-order valence-electron chi connectivity index (χ1n) is 39.0. The second-order valence-corrected chi connectivity index (χ2v) is 31.3. The molecule has 0 saturated carbocycles. The average Bonchev–Trinajstić information content (AvgIpc) is 1.49. The van der Waals surface area contributed by atoms with Gasteiger partial charge in [0, 0.05) is 65.8 Å². The topological polar surface area (TPSA) is 56.6 Å². The van der Waals surface area contributed by atoms with Gasteiger partial charge in [-0.15, -0.1) is 0 Å². The van der Waals surface area contributed by atoms with Crippen molar-refractivity contribution in [2.45, 2.75) is 27.7 Å². The van der Waals surface area contributed by atoms with E-state index in [9.17, 15) is 0 Å². The molecule has 4 aromatic heterocycles. The second-order valence-electron chi connectivity index (χ2n) is 31.3. The van der Waals surface area contributed by atoms with Gasteiger partial charge in [0.15, 0.2) is 0 Å². The largest absolute Gasteiger partial charge is 0.458 e. The molecule has 0 fully saturated rings. The molecule has 520 valence electrons. The van der Waals surface area contributed by atoms with E-state index >= 15 is 0 Å². The van der Waals surface area contributed by atoms with E-state index in [4.69, 9.17) is 18.9 Å². The smallest absolute Gasteiger partial charge is 0.256 e. The molecule has 12 heteroatoms. The molecule has 12 heterocycles. The predicted octanol–water partition coefficient (Wildman–Crippen LogP) is 16.1. The molecule has 8 aliphatic heterocycles. The summed E-state index contributed by atoms with van der Waals surface area (Å²) >= 11 is 0. The van der Waals surface area contributed by atoms with Gasteiger partial charge >= 0.3 is 0 Å². The Labute approximate surface area is 646 Å². The molecule has 0 unspecified atom stereocenters. The van der Waals surface area contributed by atoms with Gasteiger partial charge < -0.3 is 37.2 Å². The minimum Gasteiger partial charge on any atom is -0.458 e. The standard InChI is InChI=1S/4C25H16BNO/c1-15-7-6-10-19-24(15)27-20-11-4-2-8-16(20)17-13-14-22-23(25(17)27)26(19)18-9-3-5-12-21(18)28-22;1-15-7-6-11-20-23(15)26-18-9-3-5-12-21(18)28-22-14-13-17-16-8-2-4-10-19(16)27(20)25(17)24(22)26;1-15-7-6-12-21-23(15)26-18-9-3-5-11-20(18)27-19-10-4-2-8-16(19)17-13-14-22(28-21)24(26)25(17)27;1-15-10-12-21-19(14-15)26-18-7-3-5-9-22(18)28-23-13-11-17-16-6-2-4-8-20(16)27(21)25(17)24(23)26/h4*2-14H,1H3. The summed E-state index contributed by atoms with van der Waals surface area (Å²) in [7, 11) is 0. The zero-order valence-corrected chi connectivity index (χ0v) is 61.8. The summed E-state index contributed by atoms with van der Waals surface area (Å²) in [6, 6.07) is 113. The average molecular weight is 1430 g/mol. The van der Waals surface area contributed by atoms with Crippen LogP contribution in [0.2, 0.25) is 0 Å². The first-order chi connectivity index (χ1) is 55.3. The van der Waals surface area contributed by atoms with E-state index in [0.717, 1.165) is 46.0 Å². The number of ether oxygens (including phenoxy) is 4. The Morgan fingerprint density at radius 1 is 0.205 bits per heavy atom. The van der Waals surface area contributed by atoms with Crippen LogP contribution in [0.3, 0.4) is 0 Å². The van der Waals surface area contributed by atoms with E-state index in [1.807, 2.05) is 0 Å². The van der Waals surface area contributed by atoms with Crippen molar-refractivity contribution in [3.05, 3.63) is 338 Å². The summed E-state index contributed by atoms with van der Waals surface area (Å²) in [5, 5.41) is 10.4. The fourth-order valence-electron chi connectivity index (χ4n) is 21.1. The van der Waals surface area contributed by atoms with Crippen molar-refractivity contribution in [3.63, 3.8) is 0 Å². The fourth-order valence-corrected chi connectivity index (χ4v) is 21.1. The molecule has 0 saturated heterocycles. The van der Waals surface area contributed by atoms with Crippen molar-refractivity contribution in [3.8, 4) is 68.7 Å². The normalized spacial score (nSPS) is 13.4. The van der Waals surface area contributed by atoms with Gasteiger partial charge in [-0.25, -0.2) is 0 Å². The number of hydrogen-bond acceptors (Lipinski definition) is 4. The maximum absolute atomic E-state index is 6.42. The van der Waals surface area contributed by atoms with Gasteiger partial charge in [0.1, 0.15) is 46.0 Å². The van der Waals surface area contributed by atoms with Gasteiger partial charge in [0.05, 0.1) is 44.1 Å². The lowest BCUT2D eigenvalue weighted by Gasteiger charge is -2.33. The third kappa shape index (κ3) is 8.24. The van der Waals surface area contributed by atoms with Crippen molar-refractivity contribution in [2.24, 2.45) is 0 Å². The first-order valence-corrected chi connectivity index (χ1v) is 39.0. The molecule has 0 spiro atoms. The zero-order chi connectivity index (χ0) is 73.6. The molecule has 0 atom stereocenters. The van der Waals surface area contributed by atoms with Crippen LogP contribution in [0.1, 0.15) is 22.3 Å². The Balaban J connectivity index is 0.0000000847. The third-order valence-corrected chi connectivity index (χ3v) is 25.5. The van der Waals surface area contributed by atoms with Crippen LogP contribution in [-0.4, -0.2) is 45.1 Å². The van der Waals surface area contributed by atoms with E-state index in [1.54, 1.807) is 0 Å². The van der Waals surface area contributed by atoms with Gasteiger partial charge in [-0.1, -0.05) is 217 Å². The predicted molar refractivity (Wildman–Crippen MR) is 467 cm³/mol. The number of benzene rings is 16. The number of nitrogens with zero attached hydrogens (tertiary/aromatic N) is 4. The number of fused-ring (bicyclic) bond motifs is 32. The minimum absolute atomic E-state index is 0.204. The highest BCUT2D eigenvalue weighted by atomic mass is 16.5. The van der Waals surface area contributed by atoms with Gasteiger partial charge in [-0.2, -0.15) is 0 Å². The molecule has 0 aliphatic carbocycles. The maximum atomic E-state index is 6.42. The van der Waals surface area contributed by atoms with Crippen LogP contribution >= 0.6 is 0 Å². The van der Waals surface area contributed by atoms with Crippen LogP contribution in [0.4, 0.5) is 0 Å². The Morgan fingerprint density at radius 2 is 0.536 bits per heavy atom. The summed E-state index contributed by atoms with van der Waals surface area (Å²) in [6.07, 6.45) is 0. The third-order valence-electron chi connectivity index (χ3n) is 25.5. The molecular formula is C100H64B4N4O4. The van der Waals surface area contributed by atoms with E-state index in [-0.39, 0.29) is 26.9 Å². The molecule has 0 bridgehead atoms. The van der Waals surface area contributed by atoms with Gasteiger partial charge in [-0.05, 0) is 214 Å². The number of hydrogen-bond donors (Lipinski definition) is 0. The van der Waals surface area contributed by atoms with Crippen LogP contribution < -0.4 is 84.5 Å². The second kappa shape index (κ2) is 22.9. The monoisotopic (exact) mass is 1430 g/mol. The molecule has 16 aromatic carbocycles. The fraction of sp³-hybridized carbons (Fsp3) is 0.0400. The first kappa shape index (κ1) is 62.1. The highest BCUT2D eigenvalue weighted by Gasteiger charge is 2.46. The Kier molecular flexibility index (Phi) is 12.7. The maximum Gasteiger partial charge on any atom is 0.256 e. The molecule has 20 aromatic rings. The lowest BCUT2D eigenvalue weighted by atomic mass is 9.34. The van der Waals surface area contributed by atoms with Crippen LogP contribution in [0, 0.1) is 27.7 Å². The lowest BCUT2D eigenvalue weighted by Crippen LogP contribution is -2.59. The van der Waals surface area contributed by atoms with E-state index in [1.165, 1.54) is 198 Å². The van der Waals surface area contributed by atoms with E-state index < -0.39 is 0 Å². The van der Waals surface area contributed by atoms with Gasteiger partial charge in [0.2, 0.25) is 0 Å². The molecule has 28 rings (SSSR count). The number of aryl methyl sites for hydroxylation is 4. The molecular weight excluding hydrogens is 1360 g/mol. The quantitative estimate of drug-likeness (QED) is 0.142. The SMILES string of the molecule is Cc1ccc2c(c1)B1c3ccccc3Oc3ccc4c5ccccc5n-2c4c31.Cc1cccc2c1-n1c3ccccc3c3ccc4c(c31)B2c1ccccc1O4.Cc1cccc2c1B1c3ccccc3-n3c4ccccc4c4ccc(c1c43)O2.Cc1cccc2c1B1c3ccccc3Oc3ccc4c5ccccc5n-2c4c31. The zero-order valence-electron chi connectivity index (χ0n) is 61.8.